The second-order valence-corrected chi connectivity index (χ2v) is 6.09. The van der Waals surface area contributed by atoms with E-state index in [-0.39, 0.29) is 11.8 Å². The van der Waals surface area contributed by atoms with Crippen molar-refractivity contribution in [1.82, 2.24) is 5.32 Å². The summed E-state index contributed by atoms with van der Waals surface area (Å²) in [5.41, 5.74) is 3.66. The predicted molar refractivity (Wildman–Crippen MR) is 96.0 cm³/mol. The van der Waals surface area contributed by atoms with Crippen LogP contribution in [-0.4, -0.2) is 20.1 Å². The number of ether oxygens (including phenoxy) is 2. The van der Waals surface area contributed by atoms with Crippen LogP contribution in [0.2, 0.25) is 0 Å². The van der Waals surface area contributed by atoms with Gasteiger partial charge in [0.15, 0.2) is 0 Å². The van der Waals surface area contributed by atoms with Gasteiger partial charge in [-0.2, -0.15) is 0 Å². The van der Waals surface area contributed by atoms with Gasteiger partial charge in [-0.05, 0) is 53.8 Å². The lowest BCUT2D eigenvalue weighted by molar-refractivity contribution is 0.0950. The topological polar surface area (TPSA) is 47.6 Å². The normalized spacial score (nSPS) is 10.6. The number of hydrogen-bond acceptors (Lipinski definition) is 3. The molecular weight excluding hydrogens is 302 g/mol. The van der Waals surface area contributed by atoms with E-state index in [0.717, 1.165) is 28.2 Å². The highest BCUT2D eigenvalue weighted by Gasteiger charge is 2.15. The van der Waals surface area contributed by atoms with Crippen LogP contribution in [0.1, 0.15) is 46.8 Å². The number of carbonyl (C=O) groups is 1. The van der Waals surface area contributed by atoms with E-state index in [2.05, 4.69) is 19.2 Å². The summed E-state index contributed by atoms with van der Waals surface area (Å²) in [6.45, 7) is 6.58. The highest BCUT2D eigenvalue weighted by molar-refractivity contribution is 5.96. The second-order valence-electron chi connectivity index (χ2n) is 6.09. The largest absolute Gasteiger partial charge is 0.497 e. The summed E-state index contributed by atoms with van der Waals surface area (Å²) in [7, 11) is 3.29. The molecule has 2 aromatic carbocycles. The zero-order valence-corrected chi connectivity index (χ0v) is 15.0. The third-order valence-corrected chi connectivity index (χ3v) is 4.06. The highest BCUT2D eigenvalue weighted by atomic mass is 16.5. The fourth-order valence-electron chi connectivity index (χ4n) is 2.59. The molecule has 0 aromatic heterocycles. The lowest BCUT2D eigenvalue weighted by Gasteiger charge is -2.16. The van der Waals surface area contributed by atoms with Crippen molar-refractivity contribution in [3.63, 3.8) is 0 Å². The first-order valence-electron chi connectivity index (χ1n) is 8.06. The molecule has 0 spiro atoms. The summed E-state index contributed by atoms with van der Waals surface area (Å²) in [6.07, 6.45) is 0. The average molecular weight is 327 g/mol. The maximum Gasteiger partial charge on any atom is 0.251 e. The summed E-state index contributed by atoms with van der Waals surface area (Å²) in [5, 5.41) is 2.98. The zero-order chi connectivity index (χ0) is 17.7. The van der Waals surface area contributed by atoms with E-state index in [0.29, 0.717) is 12.1 Å². The van der Waals surface area contributed by atoms with Gasteiger partial charge in [-0.3, -0.25) is 4.79 Å². The van der Waals surface area contributed by atoms with E-state index < -0.39 is 0 Å². The van der Waals surface area contributed by atoms with Crippen molar-refractivity contribution in [2.45, 2.75) is 33.2 Å². The van der Waals surface area contributed by atoms with E-state index in [9.17, 15) is 4.79 Å². The molecule has 0 heterocycles. The van der Waals surface area contributed by atoms with Crippen LogP contribution in [0.5, 0.6) is 11.5 Å². The Bertz CT molecular complexity index is 706. The monoisotopic (exact) mass is 327 g/mol. The molecule has 0 unspecified atom stereocenters. The van der Waals surface area contributed by atoms with E-state index in [1.165, 1.54) is 0 Å². The van der Waals surface area contributed by atoms with Gasteiger partial charge in [0.1, 0.15) is 11.5 Å². The number of hydrogen-bond donors (Lipinski definition) is 1. The smallest absolute Gasteiger partial charge is 0.251 e. The first-order valence-corrected chi connectivity index (χ1v) is 8.06. The number of methoxy groups -OCH3 is 2. The molecule has 0 radical (unpaired) electrons. The Morgan fingerprint density at radius 1 is 1.08 bits per heavy atom. The maximum absolute atomic E-state index is 12.6. The molecule has 1 amide bonds. The molecule has 4 heteroatoms. The minimum absolute atomic E-state index is 0.0760. The van der Waals surface area contributed by atoms with Gasteiger partial charge in [0.05, 0.1) is 14.2 Å². The molecular formula is C20H25NO3. The van der Waals surface area contributed by atoms with Crippen molar-refractivity contribution < 1.29 is 14.3 Å². The molecule has 0 aliphatic heterocycles. The molecule has 0 fully saturated rings. The van der Waals surface area contributed by atoms with Gasteiger partial charge in [0, 0.05) is 12.1 Å². The Morgan fingerprint density at radius 2 is 1.75 bits per heavy atom. The molecule has 24 heavy (non-hydrogen) atoms. The first kappa shape index (κ1) is 17.9. The van der Waals surface area contributed by atoms with Gasteiger partial charge < -0.3 is 14.8 Å². The summed E-state index contributed by atoms with van der Waals surface area (Å²) >= 11 is 0. The number of aryl methyl sites for hydroxylation is 1. The minimum atomic E-state index is -0.0760. The Kier molecular flexibility index (Phi) is 5.85. The fraction of sp³-hybridized carbons (Fsp3) is 0.350. The highest BCUT2D eigenvalue weighted by Crippen LogP contribution is 2.29. The van der Waals surface area contributed by atoms with Crippen LogP contribution >= 0.6 is 0 Å². The van der Waals surface area contributed by atoms with Gasteiger partial charge in [-0.25, -0.2) is 0 Å². The molecule has 0 saturated carbocycles. The lowest BCUT2D eigenvalue weighted by atomic mass is 9.96. The molecule has 0 bridgehead atoms. The molecule has 0 aliphatic carbocycles. The number of amides is 1. The van der Waals surface area contributed by atoms with Crippen molar-refractivity contribution in [3.8, 4) is 11.5 Å². The Labute approximate surface area is 143 Å². The molecule has 0 atom stereocenters. The van der Waals surface area contributed by atoms with Crippen LogP contribution in [0.4, 0.5) is 0 Å². The van der Waals surface area contributed by atoms with Crippen molar-refractivity contribution in [2.24, 2.45) is 0 Å². The Balaban J connectivity index is 2.15. The number of carbonyl (C=O) groups excluding carboxylic acids is 1. The predicted octanol–water partition coefficient (Wildman–Crippen LogP) is 4.07. The maximum atomic E-state index is 12.6. The number of benzene rings is 2. The van der Waals surface area contributed by atoms with Crippen LogP contribution in [0.25, 0.3) is 0 Å². The molecule has 2 aromatic rings. The van der Waals surface area contributed by atoms with E-state index in [1.54, 1.807) is 14.2 Å². The van der Waals surface area contributed by atoms with Gasteiger partial charge in [-0.1, -0.05) is 26.0 Å². The summed E-state index contributed by atoms with van der Waals surface area (Å²) < 4.78 is 10.6. The van der Waals surface area contributed by atoms with Crippen LogP contribution in [0.3, 0.4) is 0 Å². The Hall–Kier alpha value is -2.49. The van der Waals surface area contributed by atoms with Crippen LogP contribution in [0.15, 0.2) is 36.4 Å². The molecule has 2 rings (SSSR count). The van der Waals surface area contributed by atoms with Crippen molar-refractivity contribution in [1.29, 1.82) is 0 Å². The molecule has 1 N–H and O–H groups in total. The zero-order valence-electron chi connectivity index (χ0n) is 15.0. The first-order chi connectivity index (χ1) is 11.5. The molecule has 4 nitrogen and oxygen atoms in total. The fourth-order valence-corrected chi connectivity index (χ4v) is 2.59. The van der Waals surface area contributed by atoms with Crippen LogP contribution in [-0.2, 0) is 6.54 Å². The number of rotatable bonds is 6. The van der Waals surface area contributed by atoms with Gasteiger partial charge in [0.2, 0.25) is 0 Å². The third-order valence-electron chi connectivity index (χ3n) is 4.06. The Morgan fingerprint density at radius 3 is 2.29 bits per heavy atom. The standard InChI is InChI=1S/C20H25NO3/c1-13(2)17-11-18(14(3)10-19(17)24-5)20(22)21-12-15-6-8-16(23-4)9-7-15/h6-11,13H,12H2,1-5H3,(H,21,22). The summed E-state index contributed by atoms with van der Waals surface area (Å²) in [5.74, 6) is 1.84. The van der Waals surface area contributed by atoms with E-state index >= 15 is 0 Å². The lowest BCUT2D eigenvalue weighted by Crippen LogP contribution is -2.24. The van der Waals surface area contributed by atoms with Crippen LogP contribution < -0.4 is 14.8 Å². The number of nitrogens with one attached hydrogen (secondary N) is 1. The van der Waals surface area contributed by atoms with Gasteiger partial charge >= 0.3 is 0 Å². The second kappa shape index (κ2) is 7.86. The SMILES string of the molecule is COc1ccc(CNC(=O)c2cc(C(C)C)c(OC)cc2C)cc1. The quantitative estimate of drug-likeness (QED) is 0.870. The van der Waals surface area contributed by atoms with Crippen molar-refractivity contribution in [3.05, 3.63) is 58.7 Å². The summed E-state index contributed by atoms with van der Waals surface area (Å²) in [6, 6.07) is 11.5. The van der Waals surface area contributed by atoms with E-state index in [4.69, 9.17) is 9.47 Å². The van der Waals surface area contributed by atoms with Crippen molar-refractivity contribution in [2.75, 3.05) is 14.2 Å². The minimum Gasteiger partial charge on any atom is -0.497 e. The van der Waals surface area contributed by atoms with Crippen molar-refractivity contribution >= 4 is 5.91 Å². The molecule has 0 aliphatic rings. The van der Waals surface area contributed by atoms with Crippen LogP contribution in [0, 0.1) is 6.92 Å². The molecule has 128 valence electrons. The third kappa shape index (κ3) is 4.07. The molecule has 0 saturated heterocycles. The summed E-state index contributed by atoms with van der Waals surface area (Å²) in [4.78, 5) is 12.6. The van der Waals surface area contributed by atoms with Gasteiger partial charge in [-0.15, -0.1) is 0 Å². The van der Waals surface area contributed by atoms with E-state index in [1.807, 2.05) is 43.3 Å². The van der Waals surface area contributed by atoms with Gasteiger partial charge in [0.25, 0.3) is 5.91 Å². The average Bonchev–Trinajstić information content (AvgIpc) is 2.59.